The first-order valence-corrected chi connectivity index (χ1v) is 9.16. The molecule has 27 heavy (non-hydrogen) atoms. The Morgan fingerprint density at radius 1 is 1.04 bits per heavy atom. The lowest BCUT2D eigenvalue weighted by molar-refractivity contribution is 0.483. The zero-order valence-corrected chi connectivity index (χ0v) is 15.1. The summed E-state index contributed by atoms with van der Waals surface area (Å²) in [5.41, 5.74) is 8.94. The van der Waals surface area contributed by atoms with Crippen LogP contribution in [-0.4, -0.2) is 29.1 Å². The molecule has 6 heteroatoms. The van der Waals surface area contributed by atoms with E-state index in [0.717, 1.165) is 47.8 Å². The second-order valence-corrected chi connectivity index (χ2v) is 6.59. The standard InChI is InChI=1S/C21H23N5O/c22-21-20(19(25-14-26-21)13-24-16-10-11-23-12-16)15-6-8-18(9-7-15)27-17-4-2-1-3-5-17/h1-9,14,16,23-24H,10-13H2,(H2,22,25,26)/t16-/m1/s1. The highest BCUT2D eigenvalue weighted by Gasteiger charge is 2.16. The summed E-state index contributed by atoms with van der Waals surface area (Å²) < 4.78 is 5.86. The summed E-state index contributed by atoms with van der Waals surface area (Å²) in [5.74, 6) is 2.07. The van der Waals surface area contributed by atoms with Crippen LogP contribution >= 0.6 is 0 Å². The van der Waals surface area contributed by atoms with E-state index in [-0.39, 0.29) is 0 Å². The molecule has 0 aliphatic carbocycles. The fourth-order valence-electron chi connectivity index (χ4n) is 3.27. The predicted octanol–water partition coefficient (Wildman–Crippen LogP) is 2.97. The Kier molecular flexibility index (Phi) is 5.27. The van der Waals surface area contributed by atoms with E-state index in [1.807, 2.05) is 54.6 Å². The number of aromatic nitrogens is 2. The first-order valence-electron chi connectivity index (χ1n) is 9.16. The summed E-state index contributed by atoms with van der Waals surface area (Å²) in [4.78, 5) is 8.64. The lowest BCUT2D eigenvalue weighted by atomic mass is 10.0. The minimum atomic E-state index is 0.468. The molecule has 4 N–H and O–H groups in total. The number of nitrogens with two attached hydrogens (primary N) is 1. The lowest BCUT2D eigenvalue weighted by Gasteiger charge is -2.15. The van der Waals surface area contributed by atoms with Crippen LogP contribution in [0.15, 0.2) is 60.9 Å². The summed E-state index contributed by atoms with van der Waals surface area (Å²) in [6.07, 6.45) is 2.65. The molecule has 1 aliphatic heterocycles. The lowest BCUT2D eigenvalue weighted by Crippen LogP contribution is -2.31. The molecule has 4 rings (SSSR count). The van der Waals surface area contributed by atoms with Gasteiger partial charge in [0.1, 0.15) is 23.6 Å². The van der Waals surface area contributed by atoms with Gasteiger partial charge in [-0.3, -0.25) is 0 Å². The molecule has 2 heterocycles. The van der Waals surface area contributed by atoms with Crippen LogP contribution in [0.25, 0.3) is 11.1 Å². The highest BCUT2D eigenvalue weighted by Crippen LogP contribution is 2.30. The SMILES string of the molecule is Nc1ncnc(CN[C@@H]2CCNC2)c1-c1ccc(Oc2ccccc2)cc1. The third-order valence-electron chi connectivity index (χ3n) is 4.70. The van der Waals surface area contributed by atoms with E-state index in [2.05, 4.69) is 20.6 Å². The Balaban J connectivity index is 1.53. The first-order chi connectivity index (χ1) is 13.3. The van der Waals surface area contributed by atoms with Crippen LogP contribution in [0.5, 0.6) is 11.5 Å². The Bertz CT molecular complexity index is 877. The van der Waals surface area contributed by atoms with Gasteiger partial charge in [0.15, 0.2) is 0 Å². The number of hydrogen-bond donors (Lipinski definition) is 3. The number of hydrogen-bond acceptors (Lipinski definition) is 6. The van der Waals surface area contributed by atoms with E-state index >= 15 is 0 Å². The van der Waals surface area contributed by atoms with Gasteiger partial charge in [-0.05, 0) is 42.8 Å². The fraction of sp³-hybridized carbons (Fsp3) is 0.238. The van der Waals surface area contributed by atoms with Crippen molar-refractivity contribution in [1.29, 1.82) is 0 Å². The summed E-state index contributed by atoms with van der Waals surface area (Å²) in [6.45, 7) is 2.71. The molecule has 6 nitrogen and oxygen atoms in total. The monoisotopic (exact) mass is 361 g/mol. The number of rotatable bonds is 6. The van der Waals surface area contributed by atoms with Crippen LogP contribution < -0.4 is 21.1 Å². The molecule has 0 bridgehead atoms. The molecule has 1 aromatic heterocycles. The normalized spacial score (nSPS) is 16.4. The molecule has 0 amide bonds. The molecule has 1 saturated heterocycles. The highest BCUT2D eigenvalue weighted by molar-refractivity contribution is 5.76. The van der Waals surface area contributed by atoms with E-state index in [9.17, 15) is 0 Å². The minimum absolute atomic E-state index is 0.468. The van der Waals surface area contributed by atoms with Crippen LogP contribution in [0, 0.1) is 0 Å². The van der Waals surface area contributed by atoms with E-state index in [1.165, 1.54) is 6.33 Å². The molecule has 0 radical (unpaired) electrons. The van der Waals surface area contributed by atoms with Gasteiger partial charge in [-0.1, -0.05) is 30.3 Å². The van der Waals surface area contributed by atoms with Gasteiger partial charge in [0.25, 0.3) is 0 Å². The molecular weight excluding hydrogens is 338 g/mol. The smallest absolute Gasteiger partial charge is 0.135 e. The molecular formula is C21H23N5O. The molecule has 138 valence electrons. The van der Waals surface area contributed by atoms with Gasteiger partial charge in [0.2, 0.25) is 0 Å². The van der Waals surface area contributed by atoms with Crippen molar-refractivity contribution in [3.05, 3.63) is 66.6 Å². The average Bonchev–Trinajstić information content (AvgIpc) is 3.22. The molecule has 2 aromatic carbocycles. The van der Waals surface area contributed by atoms with Gasteiger partial charge >= 0.3 is 0 Å². The van der Waals surface area contributed by atoms with Crippen LogP contribution in [0.2, 0.25) is 0 Å². The average molecular weight is 361 g/mol. The third kappa shape index (κ3) is 4.24. The quantitative estimate of drug-likeness (QED) is 0.626. The van der Waals surface area contributed by atoms with E-state index in [4.69, 9.17) is 10.5 Å². The molecule has 3 aromatic rings. The van der Waals surface area contributed by atoms with Crippen LogP contribution in [0.4, 0.5) is 5.82 Å². The predicted molar refractivity (Wildman–Crippen MR) is 107 cm³/mol. The van der Waals surface area contributed by atoms with Crippen LogP contribution in [0.1, 0.15) is 12.1 Å². The number of nitrogen functional groups attached to an aromatic ring is 1. The number of anilines is 1. The summed E-state index contributed by atoms with van der Waals surface area (Å²) >= 11 is 0. The van der Waals surface area contributed by atoms with Crippen molar-refractivity contribution >= 4 is 5.82 Å². The molecule has 0 spiro atoms. The topological polar surface area (TPSA) is 85.1 Å². The van der Waals surface area contributed by atoms with Crippen molar-refractivity contribution in [3.63, 3.8) is 0 Å². The molecule has 1 atom stereocenters. The Hall–Kier alpha value is -2.96. The van der Waals surface area contributed by atoms with Crippen molar-refractivity contribution in [2.45, 2.75) is 19.0 Å². The largest absolute Gasteiger partial charge is 0.457 e. The molecule has 0 unspecified atom stereocenters. The number of ether oxygens (including phenoxy) is 1. The maximum atomic E-state index is 6.18. The Morgan fingerprint density at radius 2 is 1.81 bits per heavy atom. The molecule has 1 aliphatic rings. The van der Waals surface area contributed by atoms with Crippen molar-refractivity contribution in [2.24, 2.45) is 0 Å². The van der Waals surface area contributed by atoms with Crippen molar-refractivity contribution in [3.8, 4) is 22.6 Å². The number of para-hydroxylation sites is 1. The van der Waals surface area contributed by atoms with Gasteiger partial charge in [-0.25, -0.2) is 9.97 Å². The second kappa shape index (κ2) is 8.16. The van der Waals surface area contributed by atoms with Crippen LogP contribution in [-0.2, 0) is 6.54 Å². The van der Waals surface area contributed by atoms with Gasteiger partial charge in [0, 0.05) is 24.7 Å². The Morgan fingerprint density at radius 3 is 2.56 bits per heavy atom. The van der Waals surface area contributed by atoms with Gasteiger partial charge in [0.05, 0.1) is 5.69 Å². The Labute approximate surface area is 158 Å². The van der Waals surface area contributed by atoms with E-state index in [0.29, 0.717) is 18.4 Å². The third-order valence-corrected chi connectivity index (χ3v) is 4.70. The zero-order chi connectivity index (χ0) is 18.5. The minimum Gasteiger partial charge on any atom is -0.457 e. The number of nitrogens with one attached hydrogen (secondary N) is 2. The van der Waals surface area contributed by atoms with Crippen molar-refractivity contribution in [1.82, 2.24) is 20.6 Å². The fourth-order valence-corrected chi connectivity index (χ4v) is 3.27. The van der Waals surface area contributed by atoms with Gasteiger partial charge in [-0.15, -0.1) is 0 Å². The first kappa shape index (κ1) is 17.5. The van der Waals surface area contributed by atoms with Crippen molar-refractivity contribution in [2.75, 3.05) is 18.8 Å². The van der Waals surface area contributed by atoms with Gasteiger partial charge in [-0.2, -0.15) is 0 Å². The van der Waals surface area contributed by atoms with E-state index < -0.39 is 0 Å². The van der Waals surface area contributed by atoms with Crippen LogP contribution in [0.3, 0.4) is 0 Å². The maximum Gasteiger partial charge on any atom is 0.135 e. The highest BCUT2D eigenvalue weighted by atomic mass is 16.5. The molecule has 1 fully saturated rings. The van der Waals surface area contributed by atoms with Gasteiger partial charge < -0.3 is 21.1 Å². The number of nitrogens with zero attached hydrogens (tertiary/aromatic N) is 2. The zero-order valence-electron chi connectivity index (χ0n) is 15.1. The van der Waals surface area contributed by atoms with E-state index in [1.54, 1.807) is 0 Å². The second-order valence-electron chi connectivity index (χ2n) is 6.59. The van der Waals surface area contributed by atoms with Crippen molar-refractivity contribution < 1.29 is 4.74 Å². The molecule has 0 saturated carbocycles. The summed E-state index contributed by atoms with van der Waals surface area (Å²) in [6, 6.07) is 18.1. The summed E-state index contributed by atoms with van der Waals surface area (Å²) in [7, 11) is 0. The maximum absolute atomic E-state index is 6.18. The summed E-state index contributed by atoms with van der Waals surface area (Å²) in [5, 5.41) is 6.90. The number of benzene rings is 2.